The number of benzene rings is 1. The first-order valence-corrected chi connectivity index (χ1v) is 5.20. The molecule has 0 aliphatic heterocycles. The van der Waals surface area contributed by atoms with Crippen molar-refractivity contribution >= 4 is 21.9 Å². The van der Waals surface area contributed by atoms with Gasteiger partial charge in [0, 0.05) is 16.1 Å². The van der Waals surface area contributed by atoms with Gasteiger partial charge in [0.15, 0.2) is 0 Å². The molecule has 1 atom stereocenters. The fraction of sp³-hybridized carbons (Fsp3) is 0.300. The molecule has 0 saturated heterocycles. The lowest BCUT2D eigenvalue weighted by Gasteiger charge is -2.15. The molecule has 5 nitrogen and oxygen atoms in total. The van der Waals surface area contributed by atoms with Crippen LogP contribution in [0.4, 0.5) is 0 Å². The summed E-state index contributed by atoms with van der Waals surface area (Å²) in [5, 5.41) is 8.87. The van der Waals surface area contributed by atoms with Crippen molar-refractivity contribution in [1.29, 1.82) is 0 Å². The van der Waals surface area contributed by atoms with Crippen LogP contribution in [0.25, 0.3) is 0 Å². The Labute approximate surface area is 101 Å². The van der Waals surface area contributed by atoms with Gasteiger partial charge in [-0.05, 0) is 6.07 Å². The Kier molecular flexibility index (Phi) is 4.14. The Bertz CT molecular complexity index is 408. The van der Waals surface area contributed by atoms with E-state index < -0.39 is 12.0 Å². The van der Waals surface area contributed by atoms with Crippen molar-refractivity contribution in [2.75, 3.05) is 14.2 Å². The molecule has 6 heteroatoms. The fourth-order valence-electron chi connectivity index (χ4n) is 1.28. The molecule has 0 fully saturated rings. The highest BCUT2D eigenvalue weighted by atomic mass is 79.9. The van der Waals surface area contributed by atoms with E-state index >= 15 is 0 Å². The minimum Gasteiger partial charge on any atom is -0.497 e. The molecule has 1 rings (SSSR count). The van der Waals surface area contributed by atoms with E-state index in [1.807, 2.05) is 0 Å². The van der Waals surface area contributed by atoms with E-state index in [4.69, 9.17) is 20.3 Å². The first-order chi connectivity index (χ1) is 7.51. The van der Waals surface area contributed by atoms with Crippen molar-refractivity contribution < 1.29 is 19.4 Å². The number of aliphatic carboxylic acids is 1. The van der Waals surface area contributed by atoms with Crippen LogP contribution in [0.3, 0.4) is 0 Å². The van der Waals surface area contributed by atoms with Crippen LogP contribution in [0, 0.1) is 0 Å². The molecule has 0 saturated carbocycles. The van der Waals surface area contributed by atoms with Gasteiger partial charge >= 0.3 is 5.97 Å². The van der Waals surface area contributed by atoms with Crippen LogP contribution in [0.5, 0.6) is 11.5 Å². The number of hydrogen-bond donors (Lipinski definition) is 2. The first-order valence-electron chi connectivity index (χ1n) is 4.41. The molecule has 16 heavy (non-hydrogen) atoms. The minimum absolute atomic E-state index is 0.376. The Hall–Kier alpha value is -1.27. The maximum atomic E-state index is 10.8. The summed E-state index contributed by atoms with van der Waals surface area (Å²) in [6.07, 6.45) is 0. The Morgan fingerprint density at radius 3 is 2.50 bits per heavy atom. The zero-order valence-electron chi connectivity index (χ0n) is 8.86. The van der Waals surface area contributed by atoms with Crippen molar-refractivity contribution in [1.82, 2.24) is 0 Å². The summed E-state index contributed by atoms with van der Waals surface area (Å²) in [7, 11) is 2.96. The topological polar surface area (TPSA) is 81.8 Å². The third-order valence-electron chi connectivity index (χ3n) is 2.10. The van der Waals surface area contributed by atoms with Crippen molar-refractivity contribution in [3.05, 3.63) is 22.2 Å². The van der Waals surface area contributed by atoms with Gasteiger partial charge in [0.25, 0.3) is 0 Å². The molecule has 3 N–H and O–H groups in total. The van der Waals surface area contributed by atoms with Gasteiger partial charge in [-0.1, -0.05) is 15.9 Å². The monoisotopic (exact) mass is 289 g/mol. The van der Waals surface area contributed by atoms with Crippen LogP contribution in [0.1, 0.15) is 11.6 Å². The van der Waals surface area contributed by atoms with Gasteiger partial charge in [-0.25, -0.2) is 0 Å². The van der Waals surface area contributed by atoms with E-state index in [0.29, 0.717) is 21.5 Å². The predicted molar refractivity (Wildman–Crippen MR) is 61.8 cm³/mol. The predicted octanol–water partition coefficient (Wildman–Crippen LogP) is 1.55. The molecule has 1 aromatic carbocycles. The first kappa shape index (κ1) is 12.8. The standard InChI is InChI=1S/C10H12BrNO4/c1-15-5-3-6(11)8(7(4-5)16-2)9(12)10(13)14/h3-4,9H,12H2,1-2H3,(H,13,14). The zero-order valence-corrected chi connectivity index (χ0v) is 10.4. The molecule has 88 valence electrons. The van der Waals surface area contributed by atoms with E-state index in [-0.39, 0.29) is 0 Å². The molecule has 0 heterocycles. The highest BCUT2D eigenvalue weighted by Crippen LogP contribution is 2.35. The number of carbonyl (C=O) groups is 1. The number of hydrogen-bond acceptors (Lipinski definition) is 4. The SMILES string of the molecule is COc1cc(Br)c(C(N)C(=O)O)c(OC)c1. The largest absolute Gasteiger partial charge is 0.497 e. The quantitative estimate of drug-likeness (QED) is 0.879. The van der Waals surface area contributed by atoms with Gasteiger partial charge in [-0.3, -0.25) is 4.79 Å². The molecule has 0 radical (unpaired) electrons. The second-order valence-electron chi connectivity index (χ2n) is 3.04. The summed E-state index contributed by atoms with van der Waals surface area (Å²) in [6.45, 7) is 0. The molecule has 0 amide bonds. The van der Waals surface area contributed by atoms with Gasteiger partial charge in [-0.15, -0.1) is 0 Å². The maximum absolute atomic E-state index is 10.8. The van der Waals surface area contributed by atoms with Crippen LogP contribution in [0.15, 0.2) is 16.6 Å². The summed E-state index contributed by atoms with van der Waals surface area (Å²) >= 11 is 3.25. The zero-order chi connectivity index (χ0) is 12.3. The fourth-order valence-corrected chi connectivity index (χ4v) is 1.95. The highest BCUT2D eigenvalue weighted by molar-refractivity contribution is 9.10. The van der Waals surface area contributed by atoms with Crippen molar-refractivity contribution in [3.8, 4) is 11.5 Å². The molecule has 0 aliphatic rings. The lowest BCUT2D eigenvalue weighted by Crippen LogP contribution is -2.21. The average Bonchev–Trinajstić information content (AvgIpc) is 2.26. The van der Waals surface area contributed by atoms with Crippen LogP contribution < -0.4 is 15.2 Å². The number of nitrogens with two attached hydrogens (primary N) is 1. The van der Waals surface area contributed by atoms with Crippen LogP contribution >= 0.6 is 15.9 Å². The average molecular weight is 290 g/mol. The summed E-state index contributed by atoms with van der Waals surface area (Å²) in [6, 6.07) is 2.08. The number of carboxylic acids is 1. The summed E-state index contributed by atoms with van der Waals surface area (Å²) in [4.78, 5) is 10.8. The van der Waals surface area contributed by atoms with Gasteiger partial charge in [-0.2, -0.15) is 0 Å². The third-order valence-corrected chi connectivity index (χ3v) is 2.75. The van der Waals surface area contributed by atoms with E-state index in [9.17, 15) is 4.79 Å². The smallest absolute Gasteiger partial charge is 0.325 e. The number of ether oxygens (including phenoxy) is 2. The number of carboxylic acid groups (broad SMARTS) is 1. The summed E-state index contributed by atoms with van der Waals surface area (Å²) in [5.74, 6) is -0.185. The molecule has 0 bridgehead atoms. The Morgan fingerprint density at radius 2 is 2.06 bits per heavy atom. The Balaban J connectivity index is 3.31. The van der Waals surface area contributed by atoms with Crippen LogP contribution in [-0.4, -0.2) is 25.3 Å². The van der Waals surface area contributed by atoms with Crippen molar-refractivity contribution in [2.24, 2.45) is 5.73 Å². The molecule has 0 spiro atoms. The molecular weight excluding hydrogens is 278 g/mol. The minimum atomic E-state index is -1.14. The molecule has 0 aliphatic carbocycles. The highest BCUT2D eigenvalue weighted by Gasteiger charge is 2.22. The van der Waals surface area contributed by atoms with Crippen molar-refractivity contribution in [3.63, 3.8) is 0 Å². The van der Waals surface area contributed by atoms with E-state index in [0.717, 1.165) is 0 Å². The number of halogens is 1. The summed E-state index contributed by atoms with van der Waals surface area (Å²) < 4.78 is 10.7. The maximum Gasteiger partial charge on any atom is 0.325 e. The Morgan fingerprint density at radius 1 is 1.44 bits per heavy atom. The second-order valence-corrected chi connectivity index (χ2v) is 3.90. The molecule has 1 unspecified atom stereocenters. The number of methoxy groups -OCH3 is 2. The van der Waals surface area contributed by atoms with E-state index in [1.165, 1.54) is 14.2 Å². The van der Waals surface area contributed by atoms with Crippen molar-refractivity contribution in [2.45, 2.75) is 6.04 Å². The van der Waals surface area contributed by atoms with Gasteiger partial charge in [0.2, 0.25) is 0 Å². The van der Waals surface area contributed by atoms with E-state index in [2.05, 4.69) is 15.9 Å². The van der Waals surface area contributed by atoms with Gasteiger partial charge < -0.3 is 20.3 Å². The second kappa shape index (κ2) is 5.18. The molecule has 1 aromatic rings. The van der Waals surface area contributed by atoms with Crippen LogP contribution in [0.2, 0.25) is 0 Å². The normalized spacial score (nSPS) is 12.0. The molecular formula is C10H12BrNO4. The molecule has 0 aromatic heterocycles. The van der Waals surface area contributed by atoms with Gasteiger partial charge in [0.05, 0.1) is 14.2 Å². The summed E-state index contributed by atoms with van der Waals surface area (Å²) in [5.41, 5.74) is 5.94. The van der Waals surface area contributed by atoms with Gasteiger partial charge in [0.1, 0.15) is 17.5 Å². The number of rotatable bonds is 4. The third kappa shape index (κ3) is 2.45. The lowest BCUT2D eigenvalue weighted by molar-refractivity contribution is -0.138. The lowest BCUT2D eigenvalue weighted by atomic mass is 10.1. The van der Waals surface area contributed by atoms with E-state index in [1.54, 1.807) is 12.1 Å². The van der Waals surface area contributed by atoms with Crippen LogP contribution in [-0.2, 0) is 4.79 Å².